The van der Waals surface area contributed by atoms with Gasteiger partial charge in [0.1, 0.15) is 12.1 Å². The van der Waals surface area contributed by atoms with Crippen LogP contribution < -0.4 is 5.73 Å². The lowest BCUT2D eigenvalue weighted by Crippen LogP contribution is -2.36. The van der Waals surface area contributed by atoms with Gasteiger partial charge in [0.15, 0.2) is 0 Å². The van der Waals surface area contributed by atoms with Crippen LogP contribution in [0.3, 0.4) is 0 Å². The van der Waals surface area contributed by atoms with Crippen molar-refractivity contribution >= 4 is 18.6 Å². The second-order valence-corrected chi connectivity index (χ2v) is 3.85. The third-order valence-corrected chi connectivity index (χ3v) is 2.73. The number of hydrogen-bond acceptors (Lipinski definition) is 4. The standard InChI is InChI=1S/C9H17NO2S/c10-8(6-13)9(11)12-7-4-2-1-3-5-7/h7-8,13H,1-6,10H2. The number of carbonyl (C=O) groups is 1. The Morgan fingerprint density at radius 2 is 2.08 bits per heavy atom. The molecule has 2 N–H and O–H groups in total. The summed E-state index contributed by atoms with van der Waals surface area (Å²) in [7, 11) is 0. The second-order valence-electron chi connectivity index (χ2n) is 3.49. The maximum Gasteiger partial charge on any atom is 0.324 e. The molecule has 3 nitrogen and oxygen atoms in total. The van der Waals surface area contributed by atoms with E-state index in [9.17, 15) is 4.79 Å². The van der Waals surface area contributed by atoms with Crippen molar-refractivity contribution in [2.75, 3.05) is 5.75 Å². The SMILES string of the molecule is NC(CS)C(=O)OC1CCCCC1. The molecule has 0 bridgehead atoms. The number of esters is 1. The van der Waals surface area contributed by atoms with Crippen LogP contribution in [0.4, 0.5) is 0 Å². The number of nitrogens with two attached hydrogens (primary N) is 1. The predicted octanol–water partition coefficient (Wildman–Crippen LogP) is 1.12. The molecule has 0 aliphatic heterocycles. The van der Waals surface area contributed by atoms with Crippen LogP contribution in [-0.2, 0) is 9.53 Å². The lowest BCUT2D eigenvalue weighted by atomic mass is 9.98. The Balaban J connectivity index is 2.26. The summed E-state index contributed by atoms with van der Waals surface area (Å²) in [5.74, 6) is 0.0489. The molecule has 0 heterocycles. The van der Waals surface area contributed by atoms with E-state index in [1.807, 2.05) is 0 Å². The monoisotopic (exact) mass is 203 g/mol. The molecule has 1 aliphatic carbocycles. The molecule has 1 rings (SSSR count). The van der Waals surface area contributed by atoms with Crippen molar-refractivity contribution in [2.45, 2.75) is 44.2 Å². The molecule has 0 aromatic heterocycles. The van der Waals surface area contributed by atoms with Crippen molar-refractivity contribution in [3.05, 3.63) is 0 Å². The number of hydrogen-bond donors (Lipinski definition) is 2. The zero-order valence-corrected chi connectivity index (χ0v) is 8.63. The fraction of sp³-hybridized carbons (Fsp3) is 0.889. The van der Waals surface area contributed by atoms with Gasteiger partial charge in [-0.15, -0.1) is 0 Å². The van der Waals surface area contributed by atoms with Gasteiger partial charge in [-0.2, -0.15) is 12.6 Å². The summed E-state index contributed by atoms with van der Waals surface area (Å²) in [5.41, 5.74) is 5.48. The van der Waals surface area contributed by atoms with Crippen LogP contribution in [-0.4, -0.2) is 23.9 Å². The molecule has 0 amide bonds. The maximum absolute atomic E-state index is 11.2. The van der Waals surface area contributed by atoms with Crippen molar-refractivity contribution in [1.82, 2.24) is 0 Å². The summed E-state index contributed by atoms with van der Waals surface area (Å²) >= 11 is 3.95. The molecule has 0 spiro atoms. The van der Waals surface area contributed by atoms with E-state index in [0.29, 0.717) is 5.75 Å². The molecule has 1 unspecified atom stereocenters. The molecule has 0 radical (unpaired) electrons. The summed E-state index contributed by atoms with van der Waals surface area (Å²) in [6.45, 7) is 0. The normalized spacial score (nSPS) is 21.1. The molecule has 4 heteroatoms. The molecule has 1 aliphatic rings. The highest BCUT2D eigenvalue weighted by molar-refractivity contribution is 7.80. The molecule has 0 saturated heterocycles. The van der Waals surface area contributed by atoms with Gasteiger partial charge < -0.3 is 10.5 Å². The van der Waals surface area contributed by atoms with E-state index >= 15 is 0 Å². The zero-order valence-electron chi connectivity index (χ0n) is 7.74. The van der Waals surface area contributed by atoms with Crippen molar-refractivity contribution in [3.63, 3.8) is 0 Å². The first-order valence-corrected chi connectivity index (χ1v) is 5.44. The summed E-state index contributed by atoms with van der Waals surface area (Å²) in [4.78, 5) is 11.2. The Morgan fingerprint density at radius 3 is 2.62 bits per heavy atom. The van der Waals surface area contributed by atoms with E-state index in [4.69, 9.17) is 10.5 Å². The molecular formula is C9H17NO2S. The van der Waals surface area contributed by atoms with Crippen LogP contribution in [0, 0.1) is 0 Å². The minimum atomic E-state index is -0.565. The number of thiol groups is 1. The lowest BCUT2D eigenvalue weighted by molar-refractivity contribution is -0.151. The van der Waals surface area contributed by atoms with Gasteiger partial charge in [0.2, 0.25) is 0 Å². The van der Waals surface area contributed by atoms with Gasteiger partial charge >= 0.3 is 5.97 Å². The van der Waals surface area contributed by atoms with Crippen molar-refractivity contribution in [1.29, 1.82) is 0 Å². The van der Waals surface area contributed by atoms with Crippen LogP contribution in [0.1, 0.15) is 32.1 Å². The first kappa shape index (κ1) is 10.9. The Morgan fingerprint density at radius 1 is 1.46 bits per heavy atom. The lowest BCUT2D eigenvalue weighted by Gasteiger charge is -2.22. The Labute approximate surface area is 84.4 Å². The van der Waals surface area contributed by atoms with Gasteiger partial charge in [-0.25, -0.2) is 0 Å². The van der Waals surface area contributed by atoms with Crippen molar-refractivity contribution in [2.24, 2.45) is 5.73 Å². The van der Waals surface area contributed by atoms with Crippen LogP contribution in [0.2, 0.25) is 0 Å². The summed E-state index contributed by atoms with van der Waals surface area (Å²) in [5, 5.41) is 0. The molecule has 1 fully saturated rings. The molecule has 1 saturated carbocycles. The summed E-state index contributed by atoms with van der Waals surface area (Å²) in [6.07, 6.45) is 5.66. The average molecular weight is 203 g/mol. The van der Waals surface area contributed by atoms with E-state index in [2.05, 4.69) is 12.6 Å². The number of ether oxygens (including phenoxy) is 1. The Bertz CT molecular complexity index is 169. The van der Waals surface area contributed by atoms with Crippen LogP contribution in [0.15, 0.2) is 0 Å². The Hall–Kier alpha value is -0.220. The van der Waals surface area contributed by atoms with Crippen LogP contribution in [0.25, 0.3) is 0 Å². The molecular weight excluding hydrogens is 186 g/mol. The van der Waals surface area contributed by atoms with Gasteiger partial charge in [-0.05, 0) is 25.7 Å². The van der Waals surface area contributed by atoms with E-state index in [0.717, 1.165) is 25.7 Å². The maximum atomic E-state index is 11.2. The fourth-order valence-electron chi connectivity index (χ4n) is 1.51. The quantitative estimate of drug-likeness (QED) is 0.534. The minimum Gasteiger partial charge on any atom is -0.461 e. The van der Waals surface area contributed by atoms with E-state index < -0.39 is 6.04 Å². The van der Waals surface area contributed by atoms with Gasteiger partial charge in [-0.1, -0.05) is 6.42 Å². The topological polar surface area (TPSA) is 52.3 Å². The molecule has 1 atom stereocenters. The average Bonchev–Trinajstić information content (AvgIpc) is 2.18. The largest absolute Gasteiger partial charge is 0.461 e. The zero-order chi connectivity index (χ0) is 9.68. The molecule has 0 aromatic rings. The fourth-order valence-corrected chi connectivity index (χ4v) is 1.66. The smallest absolute Gasteiger partial charge is 0.324 e. The van der Waals surface area contributed by atoms with Crippen molar-refractivity contribution in [3.8, 4) is 0 Å². The van der Waals surface area contributed by atoms with Gasteiger partial charge in [0.05, 0.1) is 0 Å². The first-order chi connectivity index (χ1) is 6.24. The van der Waals surface area contributed by atoms with Crippen molar-refractivity contribution < 1.29 is 9.53 Å². The second kappa shape index (κ2) is 5.50. The molecule has 76 valence electrons. The summed E-state index contributed by atoms with van der Waals surface area (Å²) < 4.78 is 5.23. The number of rotatable bonds is 3. The molecule has 0 aromatic carbocycles. The molecule has 13 heavy (non-hydrogen) atoms. The third-order valence-electron chi connectivity index (χ3n) is 2.33. The van der Waals surface area contributed by atoms with Crippen LogP contribution >= 0.6 is 12.6 Å². The first-order valence-electron chi connectivity index (χ1n) is 4.81. The van der Waals surface area contributed by atoms with E-state index in [-0.39, 0.29) is 12.1 Å². The van der Waals surface area contributed by atoms with E-state index in [1.54, 1.807) is 0 Å². The summed E-state index contributed by atoms with van der Waals surface area (Å²) in [6, 6.07) is -0.565. The highest BCUT2D eigenvalue weighted by atomic mass is 32.1. The van der Waals surface area contributed by atoms with E-state index in [1.165, 1.54) is 6.42 Å². The predicted molar refractivity (Wildman–Crippen MR) is 54.8 cm³/mol. The Kier molecular flexibility index (Phi) is 4.59. The van der Waals surface area contributed by atoms with Crippen LogP contribution in [0.5, 0.6) is 0 Å². The number of carbonyl (C=O) groups excluding carboxylic acids is 1. The highest BCUT2D eigenvalue weighted by Gasteiger charge is 2.20. The minimum absolute atomic E-state index is 0.104. The van der Waals surface area contributed by atoms with Gasteiger partial charge in [0, 0.05) is 5.75 Å². The third kappa shape index (κ3) is 3.56. The van der Waals surface area contributed by atoms with Gasteiger partial charge in [0.25, 0.3) is 0 Å². The highest BCUT2D eigenvalue weighted by Crippen LogP contribution is 2.20. The van der Waals surface area contributed by atoms with Gasteiger partial charge in [-0.3, -0.25) is 4.79 Å².